The quantitative estimate of drug-likeness (QED) is 0.748. The summed E-state index contributed by atoms with van der Waals surface area (Å²) < 4.78 is 7.57. The summed E-state index contributed by atoms with van der Waals surface area (Å²) in [6.45, 7) is 13.3. The molecule has 0 aliphatic carbocycles. The third-order valence-corrected chi connectivity index (χ3v) is 2.90. The number of hydrogen-bond donors (Lipinski definition) is 1. The molecule has 0 radical (unpaired) electrons. The van der Waals surface area contributed by atoms with E-state index >= 15 is 0 Å². The summed E-state index contributed by atoms with van der Waals surface area (Å²) >= 11 is 0. The van der Waals surface area contributed by atoms with Crippen molar-refractivity contribution in [3.8, 4) is 0 Å². The maximum Gasteiger partial charge on any atom is 0.0537 e. The van der Waals surface area contributed by atoms with Crippen molar-refractivity contribution in [2.45, 2.75) is 59.7 Å². The summed E-state index contributed by atoms with van der Waals surface area (Å²) in [7, 11) is 0. The molecule has 1 heterocycles. The highest BCUT2D eigenvalue weighted by Gasteiger charge is 2.07. The van der Waals surface area contributed by atoms with Gasteiger partial charge in [-0.2, -0.15) is 5.10 Å². The van der Waals surface area contributed by atoms with Gasteiger partial charge in [0.05, 0.1) is 12.3 Å². The molecule has 0 atom stereocenters. The van der Waals surface area contributed by atoms with Gasteiger partial charge in [0, 0.05) is 30.5 Å². The molecule has 19 heavy (non-hydrogen) atoms. The van der Waals surface area contributed by atoms with Crippen LogP contribution in [0.4, 0.5) is 0 Å². The van der Waals surface area contributed by atoms with E-state index in [1.807, 2.05) is 6.20 Å². The molecule has 0 aromatic carbocycles. The van der Waals surface area contributed by atoms with Crippen LogP contribution in [0.25, 0.3) is 0 Å². The first kappa shape index (κ1) is 18.4. The van der Waals surface area contributed by atoms with Crippen molar-refractivity contribution in [3.63, 3.8) is 0 Å². The molecule has 1 aromatic heterocycles. The van der Waals surface area contributed by atoms with E-state index in [9.17, 15) is 0 Å². The minimum atomic E-state index is 0. The number of hydrogen-bond acceptors (Lipinski definition) is 3. The van der Waals surface area contributed by atoms with Gasteiger partial charge in [0.2, 0.25) is 0 Å². The van der Waals surface area contributed by atoms with E-state index in [1.54, 1.807) is 0 Å². The fourth-order valence-corrected chi connectivity index (χ4v) is 1.89. The smallest absolute Gasteiger partial charge is 0.0537 e. The lowest BCUT2D eigenvalue weighted by molar-refractivity contribution is 0.0770. The summed E-state index contributed by atoms with van der Waals surface area (Å²) in [6.07, 6.45) is 3.35. The summed E-state index contributed by atoms with van der Waals surface area (Å²) in [5.41, 5.74) is 2.55. The van der Waals surface area contributed by atoms with E-state index in [4.69, 9.17) is 4.74 Å². The predicted octanol–water partition coefficient (Wildman–Crippen LogP) is 3.10. The number of rotatable bonds is 8. The zero-order valence-electron chi connectivity index (χ0n) is 12.8. The summed E-state index contributed by atoms with van der Waals surface area (Å²) in [5, 5.41) is 7.84. The lowest BCUT2D eigenvalue weighted by Crippen LogP contribution is -2.18. The van der Waals surface area contributed by atoms with Crippen molar-refractivity contribution in [1.82, 2.24) is 15.1 Å². The number of ether oxygens (including phenoxy) is 1. The highest BCUT2D eigenvalue weighted by molar-refractivity contribution is 5.85. The first-order valence-electron chi connectivity index (χ1n) is 6.87. The van der Waals surface area contributed by atoms with Crippen molar-refractivity contribution >= 4 is 12.4 Å². The molecule has 0 spiro atoms. The van der Waals surface area contributed by atoms with Crippen LogP contribution in [0.2, 0.25) is 0 Å². The van der Waals surface area contributed by atoms with Gasteiger partial charge in [0.15, 0.2) is 0 Å². The van der Waals surface area contributed by atoms with Crippen LogP contribution in [0.5, 0.6) is 0 Å². The average molecular weight is 290 g/mol. The maximum atomic E-state index is 5.50. The van der Waals surface area contributed by atoms with Gasteiger partial charge in [-0.05, 0) is 47.6 Å². The second-order valence-corrected chi connectivity index (χ2v) is 5.24. The van der Waals surface area contributed by atoms with Crippen LogP contribution in [0.15, 0.2) is 6.20 Å². The molecule has 4 nitrogen and oxygen atoms in total. The molecule has 0 amide bonds. The Morgan fingerprint density at radius 1 is 1.32 bits per heavy atom. The van der Waals surface area contributed by atoms with Gasteiger partial charge in [-0.3, -0.25) is 4.68 Å². The molecular weight excluding hydrogens is 262 g/mol. The van der Waals surface area contributed by atoms with Crippen molar-refractivity contribution in [2.75, 3.05) is 13.2 Å². The van der Waals surface area contributed by atoms with Crippen molar-refractivity contribution < 1.29 is 4.74 Å². The van der Waals surface area contributed by atoms with E-state index in [0.29, 0.717) is 12.1 Å². The first-order valence-corrected chi connectivity index (χ1v) is 6.87. The Bertz CT molecular complexity index is 350. The van der Waals surface area contributed by atoms with Crippen LogP contribution < -0.4 is 5.32 Å². The van der Waals surface area contributed by atoms with E-state index in [2.05, 4.69) is 49.7 Å². The molecule has 1 aromatic rings. The highest BCUT2D eigenvalue weighted by atomic mass is 35.5. The largest absolute Gasteiger partial charge is 0.379 e. The standard InChI is InChI=1S/C14H27N3O.ClH/c1-11(2)17-13(5)14(10-16-17)9-15-7-6-8-18-12(3)4;/h10-12,15H,6-9H2,1-5H3;1H. The van der Waals surface area contributed by atoms with Crippen LogP contribution in [-0.2, 0) is 11.3 Å². The van der Waals surface area contributed by atoms with Gasteiger partial charge in [-0.1, -0.05) is 0 Å². The molecule has 1 N–H and O–H groups in total. The summed E-state index contributed by atoms with van der Waals surface area (Å²) in [6, 6.07) is 0.429. The minimum Gasteiger partial charge on any atom is -0.379 e. The third-order valence-electron chi connectivity index (χ3n) is 2.90. The number of aromatic nitrogens is 2. The van der Waals surface area contributed by atoms with E-state index in [0.717, 1.165) is 26.1 Å². The van der Waals surface area contributed by atoms with Gasteiger partial charge in [-0.25, -0.2) is 0 Å². The molecule has 0 fully saturated rings. The van der Waals surface area contributed by atoms with Crippen LogP contribution in [0, 0.1) is 6.92 Å². The second kappa shape index (κ2) is 9.34. The Balaban J connectivity index is 0.00000324. The summed E-state index contributed by atoms with van der Waals surface area (Å²) in [5.74, 6) is 0. The van der Waals surface area contributed by atoms with Gasteiger partial charge >= 0.3 is 0 Å². The SMILES string of the molecule is Cc1c(CNCCCOC(C)C)cnn1C(C)C.Cl. The molecule has 1 rings (SSSR count). The molecule has 0 bridgehead atoms. The van der Waals surface area contributed by atoms with Crippen LogP contribution in [-0.4, -0.2) is 29.0 Å². The van der Waals surface area contributed by atoms with Crippen LogP contribution >= 0.6 is 12.4 Å². The Morgan fingerprint density at radius 3 is 2.53 bits per heavy atom. The van der Waals surface area contributed by atoms with Crippen LogP contribution in [0.3, 0.4) is 0 Å². The highest BCUT2D eigenvalue weighted by Crippen LogP contribution is 2.12. The van der Waals surface area contributed by atoms with Gasteiger partial charge in [0.1, 0.15) is 0 Å². The number of halogens is 1. The second-order valence-electron chi connectivity index (χ2n) is 5.24. The van der Waals surface area contributed by atoms with Gasteiger partial charge in [-0.15, -0.1) is 12.4 Å². The molecule has 0 aliphatic heterocycles. The maximum absolute atomic E-state index is 5.50. The first-order chi connectivity index (χ1) is 8.52. The summed E-state index contributed by atoms with van der Waals surface area (Å²) in [4.78, 5) is 0. The van der Waals surface area contributed by atoms with Crippen molar-refractivity contribution in [1.29, 1.82) is 0 Å². The van der Waals surface area contributed by atoms with Crippen molar-refractivity contribution in [3.05, 3.63) is 17.5 Å². The minimum absolute atomic E-state index is 0. The van der Waals surface area contributed by atoms with E-state index in [1.165, 1.54) is 11.3 Å². The monoisotopic (exact) mass is 289 g/mol. The molecular formula is C14H28ClN3O. The zero-order chi connectivity index (χ0) is 13.5. The third kappa shape index (κ3) is 6.41. The number of nitrogens with one attached hydrogen (secondary N) is 1. The van der Waals surface area contributed by atoms with Crippen molar-refractivity contribution in [2.24, 2.45) is 0 Å². The normalized spacial score (nSPS) is 11.1. The Kier molecular flexibility index (Phi) is 9.06. The van der Waals surface area contributed by atoms with E-state index < -0.39 is 0 Å². The molecule has 112 valence electrons. The topological polar surface area (TPSA) is 39.1 Å². The fourth-order valence-electron chi connectivity index (χ4n) is 1.89. The van der Waals surface area contributed by atoms with Gasteiger partial charge in [0.25, 0.3) is 0 Å². The van der Waals surface area contributed by atoms with E-state index in [-0.39, 0.29) is 12.4 Å². The van der Waals surface area contributed by atoms with Crippen LogP contribution in [0.1, 0.15) is 51.4 Å². The zero-order valence-corrected chi connectivity index (χ0v) is 13.6. The number of nitrogens with zero attached hydrogens (tertiary/aromatic N) is 2. The van der Waals surface area contributed by atoms with Gasteiger partial charge < -0.3 is 10.1 Å². The fraction of sp³-hybridized carbons (Fsp3) is 0.786. The predicted molar refractivity (Wildman–Crippen MR) is 82.0 cm³/mol. The lowest BCUT2D eigenvalue weighted by Gasteiger charge is -2.10. The molecule has 0 unspecified atom stereocenters. The Labute approximate surface area is 123 Å². The molecule has 0 saturated carbocycles. The molecule has 0 aliphatic rings. The Morgan fingerprint density at radius 2 is 2.00 bits per heavy atom. The lowest BCUT2D eigenvalue weighted by atomic mass is 10.2. The average Bonchev–Trinajstić information content (AvgIpc) is 2.65. The molecule has 0 saturated heterocycles. The molecule has 5 heteroatoms. The Hall–Kier alpha value is -0.580.